The van der Waals surface area contributed by atoms with Crippen molar-refractivity contribution in [2.75, 3.05) is 26.2 Å². The minimum absolute atomic E-state index is 0.359. The highest BCUT2D eigenvalue weighted by Gasteiger charge is 2.30. The highest BCUT2D eigenvalue weighted by atomic mass is 35.5. The molecule has 2 aromatic rings. The summed E-state index contributed by atoms with van der Waals surface area (Å²) in [6.45, 7) is 11.8. The average Bonchev–Trinajstić information content (AvgIpc) is 2.98. The van der Waals surface area contributed by atoms with Crippen LogP contribution in [0.1, 0.15) is 29.3 Å². The number of nitrogens with zero attached hydrogens (tertiary/aromatic N) is 4. The zero-order chi connectivity index (χ0) is 19.8. The fourth-order valence-corrected chi connectivity index (χ4v) is 5.35. The second-order valence-electron chi connectivity index (χ2n) is 7.14. The zero-order valence-electron chi connectivity index (χ0n) is 16.4. The highest BCUT2D eigenvalue weighted by molar-refractivity contribution is 7.89. The Morgan fingerprint density at radius 3 is 2.33 bits per heavy atom. The monoisotopic (exact) mass is 410 g/mol. The number of hydrogen-bond acceptors (Lipinski definition) is 4. The number of benzene rings is 1. The predicted octanol–water partition coefficient (Wildman–Crippen LogP) is 2.99. The molecule has 0 radical (unpaired) electrons. The molecule has 0 saturated carbocycles. The van der Waals surface area contributed by atoms with E-state index in [1.165, 1.54) is 5.56 Å². The summed E-state index contributed by atoms with van der Waals surface area (Å²) in [4.78, 5) is 2.65. The number of aryl methyl sites for hydroxylation is 4. The van der Waals surface area contributed by atoms with Crippen LogP contribution < -0.4 is 0 Å². The van der Waals surface area contributed by atoms with E-state index >= 15 is 0 Å². The maximum Gasteiger partial charge on any atom is 0.243 e. The molecule has 148 valence electrons. The number of piperazine rings is 1. The lowest BCUT2D eigenvalue weighted by molar-refractivity contribution is 0.181. The fraction of sp³-hybridized carbons (Fsp3) is 0.526. The Morgan fingerprint density at radius 1 is 1.07 bits per heavy atom. The van der Waals surface area contributed by atoms with Gasteiger partial charge in [0.25, 0.3) is 0 Å². The van der Waals surface area contributed by atoms with Crippen molar-refractivity contribution in [1.29, 1.82) is 0 Å². The SMILES string of the molecule is CCn1cc(CN2CCN(S(=O)(=O)c3cc(C)c(Cl)cc3C)CC2)c(C)n1. The topological polar surface area (TPSA) is 58.4 Å². The van der Waals surface area contributed by atoms with Gasteiger partial charge in [-0.3, -0.25) is 9.58 Å². The lowest BCUT2D eigenvalue weighted by Crippen LogP contribution is -2.48. The smallest absolute Gasteiger partial charge is 0.243 e. The summed E-state index contributed by atoms with van der Waals surface area (Å²) in [5, 5.41) is 5.08. The van der Waals surface area contributed by atoms with E-state index in [4.69, 9.17) is 11.6 Å². The van der Waals surface area contributed by atoms with Crippen molar-refractivity contribution >= 4 is 21.6 Å². The van der Waals surface area contributed by atoms with E-state index < -0.39 is 10.0 Å². The number of hydrogen-bond donors (Lipinski definition) is 0. The Labute approximate surface area is 166 Å². The molecule has 1 aromatic carbocycles. The molecular weight excluding hydrogens is 384 g/mol. The summed E-state index contributed by atoms with van der Waals surface area (Å²) in [5.41, 5.74) is 3.72. The molecule has 6 nitrogen and oxygen atoms in total. The van der Waals surface area contributed by atoms with Crippen LogP contribution in [0.15, 0.2) is 23.2 Å². The van der Waals surface area contributed by atoms with Crippen molar-refractivity contribution in [3.8, 4) is 0 Å². The maximum atomic E-state index is 13.1. The van der Waals surface area contributed by atoms with Crippen LogP contribution in [-0.4, -0.2) is 53.6 Å². The molecule has 0 atom stereocenters. The molecule has 0 amide bonds. The van der Waals surface area contributed by atoms with Crippen LogP contribution in [0, 0.1) is 20.8 Å². The summed E-state index contributed by atoms with van der Waals surface area (Å²) in [6, 6.07) is 3.41. The molecule has 1 aromatic heterocycles. The third kappa shape index (κ3) is 4.21. The molecule has 1 saturated heterocycles. The van der Waals surface area contributed by atoms with E-state index in [1.807, 2.05) is 18.5 Å². The van der Waals surface area contributed by atoms with E-state index in [9.17, 15) is 8.42 Å². The molecule has 0 spiro atoms. The second kappa shape index (κ2) is 7.91. The standard InChI is InChI=1S/C19H27ClN4O2S/c1-5-23-13-17(16(4)21-23)12-22-6-8-24(9-7-22)27(25,26)19-11-14(2)18(20)10-15(19)3/h10-11,13H,5-9,12H2,1-4H3. The van der Waals surface area contributed by atoms with Crippen molar-refractivity contribution in [3.05, 3.63) is 45.7 Å². The Balaban J connectivity index is 1.69. The molecular formula is C19H27ClN4O2S. The largest absolute Gasteiger partial charge is 0.296 e. The number of halogens is 1. The van der Waals surface area contributed by atoms with Gasteiger partial charge in [0.2, 0.25) is 10.0 Å². The van der Waals surface area contributed by atoms with Crippen LogP contribution in [0.3, 0.4) is 0 Å². The van der Waals surface area contributed by atoms with Crippen LogP contribution >= 0.6 is 11.6 Å². The Bertz CT molecular complexity index is 931. The number of rotatable bonds is 5. The molecule has 1 aliphatic heterocycles. The summed E-state index contributed by atoms with van der Waals surface area (Å²) < 4.78 is 29.7. The van der Waals surface area contributed by atoms with Crippen molar-refractivity contribution in [2.45, 2.75) is 45.7 Å². The van der Waals surface area contributed by atoms with E-state index in [2.05, 4.69) is 23.1 Å². The van der Waals surface area contributed by atoms with Gasteiger partial charge in [-0.2, -0.15) is 9.40 Å². The van der Waals surface area contributed by atoms with Gasteiger partial charge in [0.05, 0.1) is 10.6 Å². The first-order chi connectivity index (χ1) is 12.7. The van der Waals surface area contributed by atoms with Gasteiger partial charge in [-0.1, -0.05) is 11.6 Å². The molecule has 1 aliphatic rings. The van der Waals surface area contributed by atoms with Crippen LogP contribution in [0.25, 0.3) is 0 Å². The molecule has 1 fully saturated rings. The van der Waals surface area contributed by atoms with E-state index in [0.29, 0.717) is 41.7 Å². The van der Waals surface area contributed by atoms with Crippen molar-refractivity contribution in [1.82, 2.24) is 19.0 Å². The van der Waals surface area contributed by atoms with Crippen LogP contribution in [0.2, 0.25) is 5.02 Å². The summed E-state index contributed by atoms with van der Waals surface area (Å²) in [6.07, 6.45) is 2.08. The van der Waals surface area contributed by atoms with Crippen LogP contribution in [0.4, 0.5) is 0 Å². The molecule has 3 rings (SSSR count). The average molecular weight is 411 g/mol. The summed E-state index contributed by atoms with van der Waals surface area (Å²) in [5.74, 6) is 0. The molecule has 8 heteroatoms. The Hall–Kier alpha value is -1.41. The lowest BCUT2D eigenvalue weighted by atomic mass is 10.2. The first-order valence-electron chi connectivity index (χ1n) is 9.24. The highest BCUT2D eigenvalue weighted by Crippen LogP contribution is 2.27. The normalized spacial score (nSPS) is 16.8. The quantitative estimate of drug-likeness (QED) is 0.760. The van der Waals surface area contributed by atoms with E-state index in [1.54, 1.807) is 23.4 Å². The van der Waals surface area contributed by atoms with E-state index in [-0.39, 0.29) is 0 Å². The Morgan fingerprint density at radius 2 is 1.74 bits per heavy atom. The number of sulfonamides is 1. The third-order valence-corrected chi connectivity index (χ3v) is 7.62. The van der Waals surface area contributed by atoms with Gasteiger partial charge in [0.15, 0.2) is 0 Å². The van der Waals surface area contributed by atoms with Crippen LogP contribution in [-0.2, 0) is 23.1 Å². The third-order valence-electron chi connectivity index (χ3n) is 5.17. The van der Waals surface area contributed by atoms with Gasteiger partial charge in [-0.05, 0) is 51.0 Å². The molecule has 0 bridgehead atoms. The summed E-state index contributed by atoms with van der Waals surface area (Å²) >= 11 is 6.12. The first-order valence-corrected chi connectivity index (χ1v) is 11.1. The lowest BCUT2D eigenvalue weighted by Gasteiger charge is -2.34. The predicted molar refractivity (Wildman–Crippen MR) is 108 cm³/mol. The minimum Gasteiger partial charge on any atom is -0.296 e. The molecule has 0 N–H and O–H groups in total. The van der Waals surface area contributed by atoms with Gasteiger partial charge >= 0.3 is 0 Å². The minimum atomic E-state index is -3.50. The Kier molecular flexibility index (Phi) is 5.96. The molecule has 2 heterocycles. The number of aromatic nitrogens is 2. The van der Waals surface area contributed by atoms with Gasteiger partial charge < -0.3 is 0 Å². The van der Waals surface area contributed by atoms with Crippen molar-refractivity contribution in [3.63, 3.8) is 0 Å². The van der Waals surface area contributed by atoms with Crippen LogP contribution in [0.5, 0.6) is 0 Å². The zero-order valence-corrected chi connectivity index (χ0v) is 17.9. The maximum absolute atomic E-state index is 13.1. The van der Waals surface area contributed by atoms with Gasteiger partial charge in [-0.25, -0.2) is 8.42 Å². The second-order valence-corrected chi connectivity index (χ2v) is 9.46. The first kappa shape index (κ1) is 20.3. The van der Waals surface area contributed by atoms with Gasteiger partial charge in [0.1, 0.15) is 0 Å². The van der Waals surface area contributed by atoms with Crippen molar-refractivity contribution in [2.24, 2.45) is 0 Å². The molecule has 0 aliphatic carbocycles. The molecule has 0 unspecified atom stereocenters. The van der Waals surface area contributed by atoms with Gasteiger partial charge in [0, 0.05) is 56.1 Å². The fourth-order valence-electron chi connectivity index (χ4n) is 3.42. The van der Waals surface area contributed by atoms with Gasteiger partial charge in [-0.15, -0.1) is 0 Å². The molecule has 27 heavy (non-hydrogen) atoms. The summed E-state index contributed by atoms with van der Waals surface area (Å²) in [7, 11) is -3.50. The van der Waals surface area contributed by atoms with E-state index in [0.717, 1.165) is 24.3 Å². The van der Waals surface area contributed by atoms with Crippen molar-refractivity contribution < 1.29 is 8.42 Å².